The molecule has 0 atom stereocenters. The Morgan fingerprint density at radius 1 is 0.415 bits per heavy atom. The number of carbonyl (C=O) groups excluding carboxylic acids is 2. The van der Waals surface area contributed by atoms with E-state index >= 15 is 0 Å². The molecule has 0 rings (SSSR count). The minimum Gasteiger partial charge on any atom is -0.463 e. The zero-order valence-electron chi connectivity index (χ0n) is 35.8. The van der Waals surface area contributed by atoms with Crippen molar-refractivity contribution in [3.63, 3.8) is 0 Å². The number of aliphatic hydroxyl groups is 1. The number of esters is 2. The highest BCUT2D eigenvalue weighted by Crippen LogP contribution is 2.17. The zero-order valence-corrected chi connectivity index (χ0v) is 35.8. The van der Waals surface area contributed by atoms with Gasteiger partial charge in [0.25, 0.3) is 0 Å². The Morgan fingerprint density at radius 3 is 1.11 bits per heavy atom. The highest BCUT2D eigenvalue weighted by atomic mass is 16.5. The average Bonchev–Trinajstić information content (AvgIpc) is 3.14. The summed E-state index contributed by atoms with van der Waals surface area (Å²) in [6.45, 7) is 13.5. The van der Waals surface area contributed by atoms with E-state index in [0.717, 1.165) is 90.3 Å². The minimum atomic E-state index is -0.145. The average molecular weight is 748 g/mol. The number of hydrogen-bond donors (Lipinski definition) is 1. The first kappa shape index (κ1) is 51.3. The van der Waals surface area contributed by atoms with E-state index in [0.29, 0.717) is 13.2 Å². The lowest BCUT2D eigenvalue weighted by Gasteiger charge is -2.22. The molecule has 0 fully saturated rings. The predicted octanol–water partition coefficient (Wildman–Crippen LogP) is 13.4. The highest BCUT2D eigenvalue weighted by molar-refractivity contribution is 5.83. The van der Waals surface area contributed by atoms with E-state index in [-0.39, 0.29) is 18.5 Å². The number of carbonyl (C=O) groups is 2. The third kappa shape index (κ3) is 37.1. The van der Waals surface area contributed by atoms with Crippen LogP contribution >= 0.6 is 0 Å². The van der Waals surface area contributed by atoms with Gasteiger partial charge in [0.15, 0.2) is 0 Å². The first-order valence-electron chi connectivity index (χ1n) is 23.1. The maximum absolute atomic E-state index is 12.3. The molecule has 6 nitrogen and oxygen atoms in total. The van der Waals surface area contributed by atoms with Gasteiger partial charge in [0.2, 0.25) is 0 Å². The quantitative estimate of drug-likeness (QED) is 0.0381. The molecule has 312 valence electrons. The maximum atomic E-state index is 12.3. The lowest BCUT2D eigenvalue weighted by Crippen LogP contribution is -2.27. The molecule has 0 aliphatic carbocycles. The second-order valence-corrected chi connectivity index (χ2v) is 15.6. The molecule has 0 aliphatic heterocycles. The van der Waals surface area contributed by atoms with Crippen LogP contribution < -0.4 is 0 Å². The second kappa shape index (κ2) is 41.5. The third-order valence-electron chi connectivity index (χ3n) is 10.3. The van der Waals surface area contributed by atoms with Gasteiger partial charge in [-0.15, -0.1) is 0 Å². The topological polar surface area (TPSA) is 76.1 Å². The van der Waals surface area contributed by atoms with Crippen molar-refractivity contribution in [2.75, 3.05) is 39.5 Å². The fourth-order valence-electron chi connectivity index (χ4n) is 7.13. The van der Waals surface area contributed by atoms with E-state index in [9.17, 15) is 14.7 Å². The number of allylic oxidation sites excluding steroid dienone is 2. The van der Waals surface area contributed by atoms with Crippen LogP contribution in [0.2, 0.25) is 0 Å². The number of hydrogen-bond acceptors (Lipinski definition) is 6. The van der Waals surface area contributed by atoms with Crippen LogP contribution in [0.25, 0.3) is 0 Å². The molecule has 1 N–H and O–H groups in total. The van der Waals surface area contributed by atoms with E-state index < -0.39 is 0 Å². The van der Waals surface area contributed by atoms with Gasteiger partial charge in [0.1, 0.15) is 0 Å². The fraction of sp³-hybridized carbons (Fsp3) is 0.872. The summed E-state index contributed by atoms with van der Waals surface area (Å²) in [4.78, 5) is 27.1. The molecule has 0 amide bonds. The molecule has 53 heavy (non-hydrogen) atoms. The van der Waals surface area contributed by atoms with Gasteiger partial charge >= 0.3 is 11.9 Å². The third-order valence-corrected chi connectivity index (χ3v) is 10.3. The van der Waals surface area contributed by atoms with Crippen LogP contribution in [0.1, 0.15) is 227 Å². The van der Waals surface area contributed by atoms with Crippen molar-refractivity contribution in [3.05, 3.63) is 23.3 Å². The first-order chi connectivity index (χ1) is 26.0. The van der Waals surface area contributed by atoms with Gasteiger partial charge in [0, 0.05) is 25.3 Å². The van der Waals surface area contributed by atoms with Crippen molar-refractivity contribution in [2.24, 2.45) is 0 Å². The first-order valence-corrected chi connectivity index (χ1v) is 23.1. The van der Waals surface area contributed by atoms with E-state index in [1.807, 2.05) is 0 Å². The predicted molar refractivity (Wildman–Crippen MR) is 227 cm³/mol. The molecular weight excluding hydrogens is 659 g/mol. The molecule has 0 aromatic carbocycles. The lowest BCUT2D eigenvalue weighted by atomic mass is 10.0. The number of aliphatic hydroxyl groups excluding tert-OH is 1. The standard InChI is InChI=1S/C47H89NO5/c1-5-9-11-25-34-44(32-7-3)42-46(50)52-40-29-23-19-15-13-17-21-27-36-48(38-31-39-49)37-28-22-18-14-16-20-24-30-41-53-47(51)43-45(33-8-4)35-26-12-10-6-2/h42-43,49H,5-41H2,1-4H3/b44-42+,45-43?. The van der Waals surface area contributed by atoms with E-state index in [4.69, 9.17) is 9.47 Å². The van der Waals surface area contributed by atoms with Crippen molar-refractivity contribution < 1.29 is 24.2 Å². The summed E-state index contributed by atoms with van der Waals surface area (Å²) in [6, 6.07) is 0. The molecule has 0 aliphatic rings. The summed E-state index contributed by atoms with van der Waals surface area (Å²) in [5.74, 6) is -0.290. The normalized spacial score (nSPS) is 12.2. The molecule has 0 saturated carbocycles. The fourth-order valence-corrected chi connectivity index (χ4v) is 7.13. The van der Waals surface area contributed by atoms with Crippen LogP contribution in [-0.4, -0.2) is 61.4 Å². The number of rotatable bonds is 41. The van der Waals surface area contributed by atoms with Crippen molar-refractivity contribution in [3.8, 4) is 0 Å². The van der Waals surface area contributed by atoms with Crippen molar-refractivity contribution >= 4 is 11.9 Å². The zero-order chi connectivity index (χ0) is 38.9. The van der Waals surface area contributed by atoms with Gasteiger partial charge in [-0.25, -0.2) is 9.59 Å². The smallest absolute Gasteiger partial charge is 0.330 e. The van der Waals surface area contributed by atoms with Crippen LogP contribution in [0, 0.1) is 0 Å². The maximum Gasteiger partial charge on any atom is 0.330 e. The monoisotopic (exact) mass is 748 g/mol. The van der Waals surface area contributed by atoms with Gasteiger partial charge in [0.05, 0.1) is 13.2 Å². The molecule has 0 aromatic rings. The Bertz CT molecular complexity index is 803. The molecule has 0 saturated heterocycles. The molecule has 0 aromatic heterocycles. The summed E-state index contributed by atoms with van der Waals surface area (Å²) in [5.41, 5.74) is 2.52. The molecule has 0 heterocycles. The van der Waals surface area contributed by atoms with E-state index in [1.54, 1.807) is 12.2 Å². The molecule has 0 bridgehead atoms. The summed E-state index contributed by atoms with van der Waals surface area (Å²) in [7, 11) is 0. The Labute approximate surface area is 329 Å². The SMILES string of the molecule is CCCCCCC(=CC(=O)OCCCCCCCCCCN(CCCO)CCCCCCCCCCOC(=O)/C=C(\CCC)CCCCCC)CCC. The minimum absolute atomic E-state index is 0.145. The van der Waals surface area contributed by atoms with Gasteiger partial charge in [-0.2, -0.15) is 0 Å². The summed E-state index contributed by atoms with van der Waals surface area (Å²) in [6.07, 6.45) is 40.0. The molecule has 0 unspecified atom stereocenters. The summed E-state index contributed by atoms with van der Waals surface area (Å²) < 4.78 is 11.0. The number of nitrogens with zero attached hydrogens (tertiary/aromatic N) is 1. The van der Waals surface area contributed by atoms with Crippen LogP contribution in [0.15, 0.2) is 23.3 Å². The van der Waals surface area contributed by atoms with Gasteiger partial charge < -0.3 is 19.5 Å². The Balaban J connectivity index is 3.85. The Hall–Kier alpha value is -1.66. The lowest BCUT2D eigenvalue weighted by molar-refractivity contribution is -0.138. The van der Waals surface area contributed by atoms with Gasteiger partial charge in [-0.05, 0) is 83.7 Å². The largest absolute Gasteiger partial charge is 0.463 e. The van der Waals surface area contributed by atoms with Gasteiger partial charge in [-0.1, -0.05) is 167 Å². The molecular formula is C47H89NO5. The molecule has 6 heteroatoms. The van der Waals surface area contributed by atoms with E-state index in [2.05, 4.69) is 32.6 Å². The van der Waals surface area contributed by atoms with Crippen LogP contribution in [0.5, 0.6) is 0 Å². The van der Waals surface area contributed by atoms with Crippen molar-refractivity contribution in [1.82, 2.24) is 4.90 Å². The molecule has 0 spiro atoms. The Morgan fingerprint density at radius 2 is 0.755 bits per heavy atom. The van der Waals surface area contributed by atoms with Crippen LogP contribution in [0.3, 0.4) is 0 Å². The summed E-state index contributed by atoms with van der Waals surface area (Å²) in [5, 5.41) is 9.38. The number of unbranched alkanes of at least 4 members (excludes halogenated alkanes) is 20. The Kier molecular flexibility index (Phi) is 40.2. The van der Waals surface area contributed by atoms with Crippen LogP contribution in [0.4, 0.5) is 0 Å². The second-order valence-electron chi connectivity index (χ2n) is 15.6. The summed E-state index contributed by atoms with van der Waals surface area (Å²) >= 11 is 0. The van der Waals surface area contributed by atoms with Crippen molar-refractivity contribution in [2.45, 2.75) is 227 Å². The van der Waals surface area contributed by atoms with Crippen molar-refractivity contribution in [1.29, 1.82) is 0 Å². The molecule has 0 radical (unpaired) electrons. The number of ether oxygens (including phenoxy) is 2. The highest BCUT2D eigenvalue weighted by Gasteiger charge is 2.07. The van der Waals surface area contributed by atoms with Gasteiger partial charge in [-0.3, -0.25) is 0 Å². The van der Waals surface area contributed by atoms with E-state index in [1.165, 1.54) is 140 Å². The van der Waals surface area contributed by atoms with Crippen LogP contribution in [-0.2, 0) is 19.1 Å².